The summed E-state index contributed by atoms with van der Waals surface area (Å²) in [6.07, 6.45) is 0. The Bertz CT molecular complexity index is 516. The first kappa shape index (κ1) is 14.7. The second kappa shape index (κ2) is 6.66. The lowest BCUT2D eigenvalue weighted by Crippen LogP contribution is -2.48. The van der Waals surface area contributed by atoms with Crippen molar-refractivity contribution in [1.82, 2.24) is 9.80 Å². The Hall–Kier alpha value is -1.27. The average Bonchev–Trinajstić information content (AvgIpc) is 2.55. The molecule has 114 valence electrons. The van der Waals surface area contributed by atoms with Crippen LogP contribution < -0.4 is 9.47 Å². The molecule has 0 aromatic heterocycles. The van der Waals surface area contributed by atoms with Gasteiger partial charge in [0.25, 0.3) is 0 Å². The maximum Gasteiger partial charge on any atom is 0.233 e. The summed E-state index contributed by atoms with van der Waals surface area (Å²) in [6.45, 7) is 5.54. The summed E-state index contributed by atoms with van der Waals surface area (Å²) in [4.78, 5) is 15.9. The Morgan fingerprint density at radius 1 is 1.10 bits per heavy atom. The van der Waals surface area contributed by atoms with E-state index in [0.29, 0.717) is 18.5 Å². The lowest BCUT2D eigenvalue weighted by molar-refractivity contribution is -0.130. The number of halogens is 1. The Labute approximate surface area is 132 Å². The van der Waals surface area contributed by atoms with Gasteiger partial charge in [0, 0.05) is 32.7 Å². The van der Waals surface area contributed by atoms with Crippen molar-refractivity contribution in [2.24, 2.45) is 0 Å². The summed E-state index contributed by atoms with van der Waals surface area (Å²) < 4.78 is 11.1. The molecule has 21 heavy (non-hydrogen) atoms. The lowest BCUT2D eigenvalue weighted by atomic mass is 10.1. The van der Waals surface area contributed by atoms with Gasteiger partial charge < -0.3 is 14.4 Å². The molecule has 1 saturated heterocycles. The van der Waals surface area contributed by atoms with Crippen LogP contribution >= 0.6 is 15.9 Å². The molecule has 0 N–H and O–H groups in total. The van der Waals surface area contributed by atoms with Crippen molar-refractivity contribution in [2.45, 2.75) is 6.54 Å². The van der Waals surface area contributed by atoms with Crippen LogP contribution in [0.15, 0.2) is 18.2 Å². The molecule has 2 aliphatic rings. The molecular weight excluding hydrogens is 336 g/mol. The van der Waals surface area contributed by atoms with E-state index in [9.17, 15) is 4.79 Å². The number of nitrogens with zero attached hydrogens (tertiary/aromatic N) is 2. The molecule has 3 rings (SSSR count). The van der Waals surface area contributed by atoms with Crippen molar-refractivity contribution in [3.8, 4) is 11.5 Å². The standard InChI is InChI=1S/C15H19BrN2O3/c16-10-15(19)18-5-3-17(4-6-18)11-12-1-2-13-14(9-12)21-8-7-20-13/h1-2,9H,3-8,10-11H2. The molecular formula is C15H19BrN2O3. The molecule has 0 radical (unpaired) electrons. The highest BCUT2D eigenvalue weighted by atomic mass is 79.9. The highest BCUT2D eigenvalue weighted by Gasteiger charge is 2.20. The van der Waals surface area contributed by atoms with Gasteiger partial charge >= 0.3 is 0 Å². The molecule has 2 heterocycles. The molecule has 0 bridgehead atoms. The molecule has 1 fully saturated rings. The van der Waals surface area contributed by atoms with Crippen LogP contribution in [-0.4, -0.2) is 60.4 Å². The van der Waals surface area contributed by atoms with Crippen molar-refractivity contribution < 1.29 is 14.3 Å². The van der Waals surface area contributed by atoms with Crippen molar-refractivity contribution in [3.63, 3.8) is 0 Å². The summed E-state index contributed by atoms with van der Waals surface area (Å²) in [5.74, 6) is 1.85. The number of hydrogen-bond donors (Lipinski definition) is 0. The lowest BCUT2D eigenvalue weighted by Gasteiger charge is -2.34. The Balaban J connectivity index is 1.57. The first-order chi connectivity index (χ1) is 10.3. The fourth-order valence-corrected chi connectivity index (χ4v) is 3.04. The molecule has 0 saturated carbocycles. The van der Waals surface area contributed by atoms with Crippen LogP contribution in [0.3, 0.4) is 0 Å². The van der Waals surface area contributed by atoms with Gasteiger partial charge in [-0.15, -0.1) is 0 Å². The number of carbonyl (C=O) groups is 1. The summed E-state index contributed by atoms with van der Waals surface area (Å²) in [7, 11) is 0. The van der Waals surface area contributed by atoms with Crippen molar-refractivity contribution in [3.05, 3.63) is 23.8 Å². The minimum Gasteiger partial charge on any atom is -0.486 e. The maximum atomic E-state index is 11.6. The quantitative estimate of drug-likeness (QED) is 0.771. The topological polar surface area (TPSA) is 42.0 Å². The maximum absolute atomic E-state index is 11.6. The molecule has 2 aliphatic heterocycles. The van der Waals surface area contributed by atoms with Crippen LogP contribution in [-0.2, 0) is 11.3 Å². The zero-order valence-electron chi connectivity index (χ0n) is 11.9. The summed E-state index contributed by atoms with van der Waals surface area (Å²) in [5, 5.41) is 0.412. The van der Waals surface area contributed by atoms with Gasteiger partial charge in [-0.3, -0.25) is 9.69 Å². The number of amides is 1. The third-order valence-corrected chi connectivity index (χ3v) is 4.33. The van der Waals surface area contributed by atoms with Crippen LogP contribution in [0.25, 0.3) is 0 Å². The largest absolute Gasteiger partial charge is 0.486 e. The Kier molecular flexibility index (Phi) is 4.65. The molecule has 1 aromatic carbocycles. The zero-order valence-corrected chi connectivity index (χ0v) is 13.5. The third kappa shape index (κ3) is 3.49. The number of hydrogen-bond acceptors (Lipinski definition) is 4. The van der Waals surface area contributed by atoms with Crippen LogP contribution in [0.5, 0.6) is 11.5 Å². The molecule has 0 unspecified atom stereocenters. The molecule has 0 atom stereocenters. The van der Waals surface area contributed by atoms with Gasteiger partial charge in [-0.2, -0.15) is 0 Å². The van der Waals surface area contributed by atoms with E-state index < -0.39 is 0 Å². The summed E-state index contributed by atoms with van der Waals surface area (Å²) >= 11 is 3.22. The third-order valence-electron chi connectivity index (χ3n) is 3.85. The number of piperazine rings is 1. The van der Waals surface area contributed by atoms with Crippen LogP contribution in [0, 0.1) is 0 Å². The number of benzene rings is 1. The normalized spacial score (nSPS) is 18.6. The van der Waals surface area contributed by atoms with Gasteiger partial charge in [-0.1, -0.05) is 22.0 Å². The van der Waals surface area contributed by atoms with Crippen molar-refractivity contribution in [1.29, 1.82) is 0 Å². The molecule has 5 nitrogen and oxygen atoms in total. The van der Waals surface area contributed by atoms with Gasteiger partial charge in [0.15, 0.2) is 11.5 Å². The molecule has 1 aromatic rings. The van der Waals surface area contributed by atoms with Gasteiger partial charge in [0.2, 0.25) is 5.91 Å². The second-order valence-corrected chi connectivity index (χ2v) is 5.83. The van der Waals surface area contributed by atoms with Crippen LogP contribution in [0.2, 0.25) is 0 Å². The molecule has 0 spiro atoms. The van der Waals surface area contributed by atoms with E-state index >= 15 is 0 Å². The van der Waals surface area contributed by atoms with Crippen LogP contribution in [0.4, 0.5) is 0 Å². The number of ether oxygens (including phenoxy) is 2. The second-order valence-electron chi connectivity index (χ2n) is 5.27. The highest BCUT2D eigenvalue weighted by Crippen LogP contribution is 2.31. The predicted molar refractivity (Wildman–Crippen MR) is 83.1 cm³/mol. The van der Waals surface area contributed by atoms with E-state index in [4.69, 9.17) is 9.47 Å². The van der Waals surface area contributed by atoms with Gasteiger partial charge in [0.1, 0.15) is 13.2 Å². The van der Waals surface area contributed by atoms with E-state index in [-0.39, 0.29) is 5.91 Å². The zero-order chi connectivity index (χ0) is 14.7. The Morgan fingerprint density at radius 3 is 2.52 bits per heavy atom. The SMILES string of the molecule is O=C(CBr)N1CCN(Cc2ccc3c(c2)OCCO3)CC1. The molecule has 1 amide bonds. The highest BCUT2D eigenvalue weighted by molar-refractivity contribution is 9.09. The predicted octanol–water partition coefficient (Wildman–Crippen LogP) is 1.50. The van der Waals surface area contributed by atoms with E-state index in [1.807, 2.05) is 11.0 Å². The van der Waals surface area contributed by atoms with Gasteiger partial charge in [-0.25, -0.2) is 0 Å². The van der Waals surface area contributed by atoms with Crippen molar-refractivity contribution in [2.75, 3.05) is 44.7 Å². The smallest absolute Gasteiger partial charge is 0.233 e. The van der Waals surface area contributed by atoms with E-state index in [2.05, 4.69) is 33.0 Å². The molecule has 0 aliphatic carbocycles. The fourth-order valence-electron chi connectivity index (χ4n) is 2.68. The fraction of sp³-hybridized carbons (Fsp3) is 0.533. The van der Waals surface area contributed by atoms with E-state index in [1.54, 1.807) is 0 Å². The van der Waals surface area contributed by atoms with E-state index in [0.717, 1.165) is 44.2 Å². The first-order valence-electron chi connectivity index (χ1n) is 7.21. The van der Waals surface area contributed by atoms with Crippen LogP contribution in [0.1, 0.15) is 5.56 Å². The van der Waals surface area contributed by atoms with Gasteiger partial charge in [-0.05, 0) is 17.7 Å². The minimum absolute atomic E-state index is 0.175. The number of rotatable bonds is 3. The number of alkyl halides is 1. The Morgan fingerprint density at radius 2 is 1.81 bits per heavy atom. The number of fused-ring (bicyclic) bond motifs is 1. The van der Waals surface area contributed by atoms with Gasteiger partial charge in [0.05, 0.1) is 5.33 Å². The summed E-state index contributed by atoms with van der Waals surface area (Å²) in [5.41, 5.74) is 1.22. The monoisotopic (exact) mass is 354 g/mol. The average molecular weight is 355 g/mol. The van der Waals surface area contributed by atoms with Crippen molar-refractivity contribution >= 4 is 21.8 Å². The minimum atomic E-state index is 0.175. The van der Waals surface area contributed by atoms with E-state index in [1.165, 1.54) is 5.56 Å². The molecule has 6 heteroatoms. The first-order valence-corrected chi connectivity index (χ1v) is 8.33. The number of carbonyl (C=O) groups excluding carboxylic acids is 1. The summed E-state index contributed by atoms with van der Waals surface area (Å²) in [6, 6.07) is 6.13.